The molecule has 0 radical (unpaired) electrons. The van der Waals surface area contributed by atoms with Gasteiger partial charge < -0.3 is 10.2 Å². The highest BCUT2D eigenvalue weighted by Crippen LogP contribution is 2.16. The highest BCUT2D eigenvalue weighted by Gasteiger charge is 2.31. The SMILES string of the molecule is CN1CC(C(=O)NCc2cnn(-c3ccccc3)c2)CC1=O. The predicted molar refractivity (Wildman–Crippen MR) is 81.2 cm³/mol. The van der Waals surface area contributed by atoms with Crippen LogP contribution < -0.4 is 5.32 Å². The van der Waals surface area contributed by atoms with Crippen molar-refractivity contribution in [2.45, 2.75) is 13.0 Å². The van der Waals surface area contributed by atoms with Crippen LogP contribution >= 0.6 is 0 Å². The zero-order valence-electron chi connectivity index (χ0n) is 12.4. The van der Waals surface area contributed by atoms with Gasteiger partial charge in [0.1, 0.15) is 0 Å². The molecule has 0 spiro atoms. The quantitative estimate of drug-likeness (QED) is 0.914. The summed E-state index contributed by atoms with van der Waals surface area (Å²) in [5, 5.41) is 7.16. The van der Waals surface area contributed by atoms with Gasteiger partial charge in [-0.1, -0.05) is 18.2 Å². The molecule has 1 aliphatic rings. The van der Waals surface area contributed by atoms with Crippen molar-refractivity contribution in [1.29, 1.82) is 0 Å². The third-order valence-electron chi connectivity index (χ3n) is 3.84. The number of nitrogens with one attached hydrogen (secondary N) is 1. The number of para-hydroxylation sites is 1. The van der Waals surface area contributed by atoms with Gasteiger partial charge in [0.15, 0.2) is 0 Å². The first kappa shape index (κ1) is 14.3. The molecule has 1 unspecified atom stereocenters. The summed E-state index contributed by atoms with van der Waals surface area (Å²) in [5.74, 6) is -0.302. The number of nitrogens with zero attached hydrogens (tertiary/aromatic N) is 3. The van der Waals surface area contributed by atoms with Gasteiger partial charge in [-0.2, -0.15) is 5.10 Å². The molecule has 1 saturated heterocycles. The standard InChI is InChI=1S/C16H18N4O2/c1-19-11-13(7-15(19)21)16(22)17-8-12-9-18-20(10-12)14-5-3-2-4-6-14/h2-6,9-10,13H,7-8,11H2,1H3,(H,17,22). The molecular weight excluding hydrogens is 280 g/mol. The van der Waals surface area contributed by atoms with E-state index in [9.17, 15) is 9.59 Å². The van der Waals surface area contributed by atoms with E-state index in [-0.39, 0.29) is 17.7 Å². The molecule has 2 amide bonds. The van der Waals surface area contributed by atoms with Gasteiger partial charge >= 0.3 is 0 Å². The summed E-state index contributed by atoms with van der Waals surface area (Å²) in [6.07, 6.45) is 3.92. The van der Waals surface area contributed by atoms with Crippen LogP contribution in [0.5, 0.6) is 0 Å². The first-order valence-corrected chi connectivity index (χ1v) is 7.24. The van der Waals surface area contributed by atoms with Gasteiger partial charge in [0, 0.05) is 38.3 Å². The Bertz CT molecular complexity index is 680. The maximum absolute atomic E-state index is 12.1. The number of benzene rings is 1. The second-order valence-electron chi connectivity index (χ2n) is 5.52. The van der Waals surface area contributed by atoms with Gasteiger partial charge in [-0.25, -0.2) is 4.68 Å². The summed E-state index contributed by atoms with van der Waals surface area (Å²) in [6.45, 7) is 0.911. The average Bonchev–Trinajstić information content (AvgIpc) is 3.13. The van der Waals surface area contributed by atoms with E-state index in [2.05, 4.69) is 10.4 Å². The van der Waals surface area contributed by atoms with Crippen LogP contribution in [0.2, 0.25) is 0 Å². The lowest BCUT2D eigenvalue weighted by molar-refractivity contribution is -0.128. The molecule has 0 aliphatic carbocycles. The van der Waals surface area contributed by atoms with Crippen molar-refractivity contribution in [3.63, 3.8) is 0 Å². The van der Waals surface area contributed by atoms with E-state index in [1.807, 2.05) is 36.5 Å². The van der Waals surface area contributed by atoms with Crippen LogP contribution in [0.3, 0.4) is 0 Å². The van der Waals surface area contributed by atoms with Crippen LogP contribution in [0, 0.1) is 5.92 Å². The maximum atomic E-state index is 12.1. The number of rotatable bonds is 4. The summed E-state index contributed by atoms with van der Waals surface area (Å²) in [6, 6.07) is 9.79. The molecule has 6 nitrogen and oxygen atoms in total. The maximum Gasteiger partial charge on any atom is 0.225 e. The van der Waals surface area contributed by atoms with E-state index >= 15 is 0 Å². The van der Waals surface area contributed by atoms with Crippen molar-refractivity contribution < 1.29 is 9.59 Å². The molecule has 1 fully saturated rings. The van der Waals surface area contributed by atoms with Gasteiger partial charge in [0.2, 0.25) is 11.8 Å². The third-order valence-corrected chi connectivity index (χ3v) is 3.84. The smallest absolute Gasteiger partial charge is 0.225 e. The number of hydrogen-bond acceptors (Lipinski definition) is 3. The molecule has 1 aromatic carbocycles. The fourth-order valence-electron chi connectivity index (χ4n) is 2.55. The molecule has 2 aromatic rings. The molecule has 3 rings (SSSR count). The zero-order valence-corrected chi connectivity index (χ0v) is 12.4. The van der Waals surface area contributed by atoms with Crippen molar-refractivity contribution in [3.05, 3.63) is 48.3 Å². The first-order chi connectivity index (χ1) is 10.6. The molecule has 0 bridgehead atoms. The van der Waals surface area contributed by atoms with Gasteiger partial charge in [-0.3, -0.25) is 9.59 Å². The van der Waals surface area contributed by atoms with Crippen molar-refractivity contribution in [1.82, 2.24) is 20.0 Å². The lowest BCUT2D eigenvalue weighted by Gasteiger charge is -2.10. The molecule has 0 saturated carbocycles. The van der Waals surface area contributed by atoms with Gasteiger partial charge in [-0.15, -0.1) is 0 Å². The number of aromatic nitrogens is 2. The zero-order chi connectivity index (χ0) is 15.5. The Morgan fingerprint density at radius 2 is 2.14 bits per heavy atom. The van der Waals surface area contributed by atoms with E-state index in [1.54, 1.807) is 22.8 Å². The Balaban J connectivity index is 1.57. The Morgan fingerprint density at radius 1 is 1.36 bits per heavy atom. The minimum atomic E-state index is -0.248. The predicted octanol–water partition coefficient (Wildman–Crippen LogP) is 0.967. The van der Waals surface area contributed by atoms with E-state index in [4.69, 9.17) is 0 Å². The van der Waals surface area contributed by atoms with E-state index in [1.165, 1.54) is 0 Å². The minimum Gasteiger partial charge on any atom is -0.352 e. The van der Waals surface area contributed by atoms with Crippen LogP contribution in [-0.2, 0) is 16.1 Å². The number of likely N-dealkylation sites (tertiary alicyclic amines) is 1. The molecular formula is C16H18N4O2. The summed E-state index contributed by atoms with van der Waals surface area (Å²) in [7, 11) is 1.72. The fraction of sp³-hybridized carbons (Fsp3) is 0.312. The molecule has 1 aliphatic heterocycles. The molecule has 1 aromatic heterocycles. The molecule has 114 valence electrons. The minimum absolute atomic E-state index is 0.0250. The Morgan fingerprint density at radius 3 is 2.82 bits per heavy atom. The molecule has 1 atom stereocenters. The Hall–Kier alpha value is -2.63. The Labute approximate surface area is 128 Å². The van der Waals surface area contributed by atoms with Crippen molar-refractivity contribution in [2.24, 2.45) is 5.92 Å². The number of hydrogen-bond donors (Lipinski definition) is 1. The van der Waals surface area contributed by atoms with Crippen molar-refractivity contribution >= 4 is 11.8 Å². The highest BCUT2D eigenvalue weighted by atomic mass is 16.2. The van der Waals surface area contributed by atoms with Gasteiger partial charge in [-0.05, 0) is 12.1 Å². The number of carbonyl (C=O) groups excluding carboxylic acids is 2. The molecule has 2 heterocycles. The summed E-state index contributed by atoms with van der Waals surface area (Å²) < 4.78 is 1.77. The first-order valence-electron chi connectivity index (χ1n) is 7.24. The van der Waals surface area contributed by atoms with Gasteiger partial charge in [0.05, 0.1) is 17.8 Å². The normalized spacial score (nSPS) is 17.8. The Kier molecular flexibility index (Phi) is 3.91. The van der Waals surface area contributed by atoms with Crippen molar-refractivity contribution in [2.75, 3.05) is 13.6 Å². The molecule has 22 heavy (non-hydrogen) atoms. The lowest BCUT2D eigenvalue weighted by atomic mass is 10.1. The lowest BCUT2D eigenvalue weighted by Crippen LogP contribution is -2.31. The van der Waals surface area contributed by atoms with Crippen LogP contribution in [0.4, 0.5) is 0 Å². The van der Waals surface area contributed by atoms with Gasteiger partial charge in [0.25, 0.3) is 0 Å². The van der Waals surface area contributed by atoms with Crippen molar-refractivity contribution in [3.8, 4) is 5.69 Å². The number of carbonyl (C=O) groups is 2. The largest absolute Gasteiger partial charge is 0.352 e. The van der Waals surface area contributed by atoms with Crippen LogP contribution in [0.15, 0.2) is 42.7 Å². The number of amides is 2. The second kappa shape index (κ2) is 6.01. The third kappa shape index (κ3) is 3.00. The summed E-state index contributed by atoms with van der Waals surface area (Å²) >= 11 is 0. The summed E-state index contributed by atoms with van der Waals surface area (Å²) in [5.41, 5.74) is 1.90. The van der Waals surface area contributed by atoms with Crippen LogP contribution in [-0.4, -0.2) is 40.1 Å². The van der Waals surface area contributed by atoms with E-state index in [0.717, 1.165) is 11.3 Å². The average molecular weight is 298 g/mol. The highest BCUT2D eigenvalue weighted by molar-refractivity contribution is 5.89. The van der Waals surface area contributed by atoms with E-state index in [0.29, 0.717) is 19.5 Å². The molecule has 1 N–H and O–H groups in total. The molecule has 6 heteroatoms. The monoisotopic (exact) mass is 298 g/mol. The van der Waals surface area contributed by atoms with Crippen LogP contribution in [0.1, 0.15) is 12.0 Å². The van der Waals surface area contributed by atoms with Crippen LogP contribution in [0.25, 0.3) is 5.69 Å². The van der Waals surface area contributed by atoms with E-state index < -0.39 is 0 Å². The fourth-order valence-corrected chi connectivity index (χ4v) is 2.55. The summed E-state index contributed by atoms with van der Waals surface area (Å²) in [4.78, 5) is 25.1. The second-order valence-corrected chi connectivity index (χ2v) is 5.52. The topological polar surface area (TPSA) is 67.2 Å².